The smallest absolute Gasteiger partial charge is 0.253 e. The third-order valence-electron chi connectivity index (χ3n) is 9.81. The standard InChI is InChI=1S/C36H28I2N4O6/c1-47-25-15-3-19(4-16-25)29-27-31(35(45)39(33(27)43)23-11-7-21(37)8-12-23)42-30(20-5-17-26(48-2)18-6-20)28-32(41(29)42)36(46)40(34(28)44)24-13-9-22(38)10-14-24/h3-18,27-32H,1-2H3. The number of imide groups is 2. The van der Waals surface area contributed by atoms with E-state index in [0.717, 1.165) is 18.3 Å². The van der Waals surface area contributed by atoms with Gasteiger partial charge in [-0.3, -0.25) is 19.2 Å². The molecule has 10 nitrogen and oxygen atoms in total. The average Bonchev–Trinajstić information content (AvgIpc) is 3.77. The van der Waals surface area contributed by atoms with Crippen molar-refractivity contribution in [2.45, 2.75) is 24.2 Å². The predicted octanol–water partition coefficient (Wildman–Crippen LogP) is 5.36. The molecule has 48 heavy (non-hydrogen) atoms. The first-order valence-electron chi connectivity index (χ1n) is 15.3. The molecule has 4 fully saturated rings. The third kappa shape index (κ3) is 4.63. The Labute approximate surface area is 303 Å². The van der Waals surface area contributed by atoms with Crippen LogP contribution in [0.5, 0.6) is 11.5 Å². The lowest BCUT2D eigenvalue weighted by molar-refractivity contribution is -0.136. The van der Waals surface area contributed by atoms with Gasteiger partial charge >= 0.3 is 0 Å². The second-order valence-electron chi connectivity index (χ2n) is 12.1. The number of halogens is 2. The number of nitrogens with zero attached hydrogens (tertiary/aromatic N) is 4. The Morgan fingerprint density at radius 1 is 0.458 bits per heavy atom. The Morgan fingerprint density at radius 2 is 0.792 bits per heavy atom. The lowest BCUT2D eigenvalue weighted by Crippen LogP contribution is -2.50. The molecule has 4 aliphatic rings. The van der Waals surface area contributed by atoms with Gasteiger partial charge in [-0.1, -0.05) is 24.3 Å². The van der Waals surface area contributed by atoms with Crippen LogP contribution in [0.4, 0.5) is 11.4 Å². The molecule has 4 amide bonds. The van der Waals surface area contributed by atoms with E-state index in [-0.39, 0.29) is 23.6 Å². The number of anilines is 2. The third-order valence-corrected chi connectivity index (χ3v) is 11.2. The predicted molar refractivity (Wildman–Crippen MR) is 193 cm³/mol. The highest BCUT2D eigenvalue weighted by Gasteiger charge is 2.73. The molecule has 0 saturated carbocycles. The van der Waals surface area contributed by atoms with E-state index < -0.39 is 36.0 Å². The van der Waals surface area contributed by atoms with Crippen LogP contribution in [-0.2, 0) is 19.2 Å². The number of benzene rings is 4. The monoisotopic (exact) mass is 866 g/mol. The fraction of sp³-hybridized carbons (Fsp3) is 0.222. The Morgan fingerprint density at radius 3 is 1.10 bits per heavy atom. The van der Waals surface area contributed by atoms with Crippen LogP contribution >= 0.6 is 45.2 Å². The van der Waals surface area contributed by atoms with Gasteiger partial charge in [0.1, 0.15) is 23.6 Å². The first-order chi connectivity index (χ1) is 23.2. The molecule has 0 bridgehead atoms. The summed E-state index contributed by atoms with van der Waals surface area (Å²) in [5.41, 5.74) is 2.44. The Hall–Kier alpha value is -3.86. The van der Waals surface area contributed by atoms with Crippen molar-refractivity contribution in [3.05, 3.63) is 115 Å². The summed E-state index contributed by atoms with van der Waals surface area (Å²) in [5.74, 6) is -1.90. The van der Waals surface area contributed by atoms with Gasteiger partial charge in [-0.05, 0) is 129 Å². The van der Waals surface area contributed by atoms with Crippen molar-refractivity contribution in [3.8, 4) is 11.5 Å². The normalized spacial score (nSPS) is 26.7. The molecule has 0 spiro atoms. The number of fused-ring (bicyclic) bond motifs is 5. The van der Waals surface area contributed by atoms with Gasteiger partial charge in [-0.15, -0.1) is 0 Å². The minimum Gasteiger partial charge on any atom is -0.497 e. The van der Waals surface area contributed by atoms with Crippen molar-refractivity contribution in [3.63, 3.8) is 0 Å². The molecule has 4 aromatic carbocycles. The van der Waals surface area contributed by atoms with Crippen LogP contribution < -0.4 is 19.3 Å². The maximum atomic E-state index is 14.6. The van der Waals surface area contributed by atoms with Crippen molar-refractivity contribution in [2.75, 3.05) is 24.0 Å². The minimum absolute atomic E-state index is 0.349. The van der Waals surface area contributed by atoms with Gasteiger partial charge in [0.25, 0.3) is 11.8 Å². The van der Waals surface area contributed by atoms with Crippen molar-refractivity contribution < 1.29 is 28.7 Å². The summed E-state index contributed by atoms with van der Waals surface area (Å²) in [6, 6.07) is 25.8. The fourth-order valence-electron chi connectivity index (χ4n) is 7.79. The molecule has 242 valence electrons. The second kappa shape index (κ2) is 11.9. The van der Waals surface area contributed by atoms with E-state index in [9.17, 15) is 19.2 Å². The summed E-state index contributed by atoms with van der Waals surface area (Å²) in [5, 5.41) is 3.73. The molecule has 6 unspecified atom stereocenters. The number of hydrazine groups is 1. The Kier molecular flexibility index (Phi) is 7.81. The maximum Gasteiger partial charge on any atom is 0.253 e. The quantitative estimate of drug-likeness (QED) is 0.189. The molecule has 0 radical (unpaired) electrons. The van der Waals surface area contributed by atoms with Gasteiger partial charge in [-0.25, -0.2) is 19.8 Å². The maximum absolute atomic E-state index is 14.6. The number of hydrogen-bond donors (Lipinski definition) is 0. The van der Waals surface area contributed by atoms with E-state index in [4.69, 9.17) is 9.47 Å². The van der Waals surface area contributed by atoms with E-state index in [1.54, 1.807) is 62.8 Å². The summed E-state index contributed by atoms with van der Waals surface area (Å²) in [6.45, 7) is 0. The molecule has 4 heterocycles. The van der Waals surface area contributed by atoms with Crippen LogP contribution in [0.15, 0.2) is 97.1 Å². The van der Waals surface area contributed by atoms with Crippen molar-refractivity contribution >= 4 is 80.2 Å². The number of methoxy groups -OCH3 is 2. The van der Waals surface area contributed by atoms with Gasteiger partial charge in [0, 0.05) is 7.14 Å². The number of rotatable bonds is 6. The van der Waals surface area contributed by atoms with Gasteiger partial charge < -0.3 is 9.47 Å². The summed E-state index contributed by atoms with van der Waals surface area (Å²) in [4.78, 5) is 60.8. The molecular formula is C36H28I2N4O6. The minimum atomic E-state index is -0.950. The number of amides is 4. The van der Waals surface area contributed by atoms with Gasteiger partial charge in [0.2, 0.25) is 11.8 Å². The molecule has 0 N–H and O–H groups in total. The molecule has 6 atom stereocenters. The molecule has 4 aliphatic heterocycles. The van der Waals surface area contributed by atoms with Gasteiger partial charge in [0.05, 0.1) is 49.5 Å². The van der Waals surface area contributed by atoms with Gasteiger partial charge in [-0.2, -0.15) is 0 Å². The van der Waals surface area contributed by atoms with E-state index in [2.05, 4.69) is 45.2 Å². The molecule has 12 heteroatoms. The van der Waals surface area contributed by atoms with Crippen molar-refractivity contribution in [1.82, 2.24) is 10.0 Å². The molecule has 0 aromatic heterocycles. The van der Waals surface area contributed by atoms with Crippen LogP contribution in [0.2, 0.25) is 0 Å². The van der Waals surface area contributed by atoms with Crippen LogP contribution in [0.3, 0.4) is 0 Å². The summed E-state index contributed by atoms with van der Waals surface area (Å²) >= 11 is 4.37. The molecule has 8 rings (SSSR count). The van der Waals surface area contributed by atoms with Crippen molar-refractivity contribution in [1.29, 1.82) is 0 Å². The topological polar surface area (TPSA) is 99.7 Å². The zero-order valence-corrected chi connectivity index (χ0v) is 30.0. The summed E-state index contributed by atoms with van der Waals surface area (Å²) in [7, 11) is 3.15. The molecule has 4 aromatic rings. The van der Waals surface area contributed by atoms with Gasteiger partial charge in [0.15, 0.2) is 0 Å². The van der Waals surface area contributed by atoms with E-state index in [1.807, 2.05) is 58.5 Å². The molecular weight excluding hydrogens is 838 g/mol. The summed E-state index contributed by atoms with van der Waals surface area (Å²) < 4.78 is 12.8. The van der Waals surface area contributed by atoms with E-state index >= 15 is 0 Å². The van der Waals surface area contributed by atoms with Crippen LogP contribution in [-0.4, -0.2) is 59.9 Å². The second-order valence-corrected chi connectivity index (χ2v) is 14.6. The largest absolute Gasteiger partial charge is 0.497 e. The summed E-state index contributed by atoms with van der Waals surface area (Å²) in [6.07, 6.45) is 0. The number of ether oxygens (including phenoxy) is 2. The van der Waals surface area contributed by atoms with Crippen LogP contribution in [0.1, 0.15) is 23.2 Å². The Bertz CT molecular complexity index is 1810. The lowest BCUT2D eigenvalue weighted by atomic mass is 9.84. The zero-order chi connectivity index (χ0) is 33.4. The fourth-order valence-corrected chi connectivity index (χ4v) is 8.51. The zero-order valence-electron chi connectivity index (χ0n) is 25.7. The van der Waals surface area contributed by atoms with Crippen LogP contribution in [0.25, 0.3) is 0 Å². The number of hydrogen-bond acceptors (Lipinski definition) is 8. The highest BCUT2D eigenvalue weighted by molar-refractivity contribution is 14.1. The van der Waals surface area contributed by atoms with Crippen LogP contribution in [0, 0.1) is 19.0 Å². The van der Waals surface area contributed by atoms with Crippen molar-refractivity contribution in [2.24, 2.45) is 11.8 Å². The first kappa shape index (κ1) is 31.4. The number of carbonyl (C=O) groups excluding carboxylic acids is 4. The average molecular weight is 866 g/mol. The highest BCUT2D eigenvalue weighted by Crippen LogP contribution is 2.60. The van der Waals surface area contributed by atoms with E-state index in [0.29, 0.717) is 22.9 Å². The Balaban J connectivity index is 1.32. The lowest BCUT2D eigenvalue weighted by Gasteiger charge is -2.35. The molecule has 0 aliphatic carbocycles. The SMILES string of the molecule is COc1ccc(C2C3C(=O)N(c4ccc(I)cc4)C(=O)C3N3C(c4ccc(OC)cc4)C4C(=O)N(c5ccc(I)cc5)C(=O)C4N23)cc1. The first-order valence-corrected chi connectivity index (χ1v) is 17.5. The van der Waals surface area contributed by atoms with E-state index in [1.165, 1.54) is 9.80 Å². The number of carbonyl (C=O) groups is 4. The highest BCUT2D eigenvalue weighted by atomic mass is 127. The molecule has 4 saturated heterocycles.